The number of ether oxygens (including phenoxy) is 1. The molecule has 0 saturated heterocycles. The summed E-state index contributed by atoms with van der Waals surface area (Å²) in [5, 5.41) is 0.989. The van der Waals surface area contributed by atoms with Crippen molar-refractivity contribution in [1.29, 1.82) is 0 Å². The van der Waals surface area contributed by atoms with Crippen LogP contribution in [0.4, 0.5) is 0 Å². The van der Waals surface area contributed by atoms with E-state index in [2.05, 4.69) is 39.7 Å². The molecule has 1 rings (SSSR count). The zero-order valence-electron chi connectivity index (χ0n) is 11.1. The second-order valence-corrected chi connectivity index (χ2v) is 4.90. The number of nitrogens with zero attached hydrogens (tertiary/aromatic N) is 2. The second-order valence-electron chi connectivity index (χ2n) is 4.10. The Balaban J connectivity index is 2.91. The molecule has 0 aromatic carbocycles. The van der Waals surface area contributed by atoms with Crippen molar-refractivity contribution in [2.24, 2.45) is 0 Å². The number of aromatic nitrogens is 1. The highest BCUT2D eigenvalue weighted by Gasteiger charge is 2.11. The monoisotopic (exact) mass is 300 g/mol. The van der Waals surface area contributed by atoms with Gasteiger partial charge in [-0.1, -0.05) is 22.9 Å². The van der Waals surface area contributed by atoms with E-state index in [1.54, 1.807) is 7.11 Å². The number of halogens is 1. The van der Waals surface area contributed by atoms with Gasteiger partial charge in [-0.3, -0.25) is 9.88 Å². The van der Waals surface area contributed by atoms with E-state index in [1.807, 2.05) is 13.1 Å². The van der Waals surface area contributed by atoms with Crippen molar-refractivity contribution < 1.29 is 4.74 Å². The number of pyridine rings is 1. The van der Waals surface area contributed by atoms with E-state index in [9.17, 15) is 0 Å². The Kier molecular flexibility index (Phi) is 5.92. The second kappa shape index (κ2) is 6.97. The summed E-state index contributed by atoms with van der Waals surface area (Å²) in [6, 6.07) is 0. The number of hydrogen-bond acceptors (Lipinski definition) is 3. The quantitative estimate of drug-likeness (QED) is 0.755. The predicted octanol–water partition coefficient (Wildman–Crippen LogP) is 2.92. The van der Waals surface area contributed by atoms with Gasteiger partial charge in [-0.05, 0) is 20.4 Å². The van der Waals surface area contributed by atoms with Crippen LogP contribution in [0.5, 0.6) is 5.75 Å². The van der Waals surface area contributed by atoms with Crippen LogP contribution in [0, 0.1) is 13.8 Å². The molecule has 0 aliphatic heterocycles. The zero-order chi connectivity index (χ0) is 12.8. The van der Waals surface area contributed by atoms with Crippen LogP contribution in [-0.2, 0) is 6.54 Å². The van der Waals surface area contributed by atoms with E-state index in [0.717, 1.165) is 47.5 Å². The molecule has 4 heteroatoms. The van der Waals surface area contributed by atoms with Crippen molar-refractivity contribution in [2.75, 3.05) is 25.5 Å². The van der Waals surface area contributed by atoms with Gasteiger partial charge in [0.05, 0.1) is 12.8 Å². The van der Waals surface area contributed by atoms with Gasteiger partial charge in [0.2, 0.25) is 0 Å². The highest BCUT2D eigenvalue weighted by Crippen LogP contribution is 2.24. The molecule has 0 atom stereocenters. The van der Waals surface area contributed by atoms with E-state index < -0.39 is 0 Å². The fourth-order valence-corrected chi connectivity index (χ4v) is 2.41. The molecule has 0 N–H and O–H groups in total. The molecule has 0 radical (unpaired) electrons. The molecule has 3 nitrogen and oxygen atoms in total. The highest BCUT2D eigenvalue weighted by atomic mass is 79.9. The first-order chi connectivity index (χ1) is 8.13. The van der Waals surface area contributed by atoms with Crippen LogP contribution < -0.4 is 4.74 Å². The summed E-state index contributed by atoms with van der Waals surface area (Å²) in [5.74, 6) is 0.963. The molecule has 0 spiro atoms. The standard InChI is InChI=1S/C13H21BrN2O/c1-5-16(7-6-14)9-12-11(3)13(17-4)10(2)8-15-12/h8H,5-7,9H2,1-4H3. The van der Waals surface area contributed by atoms with Crippen LogP contribution >= 0.6 is 15.9 Å². The molecule has 1 aromatic heterocycles. The number of hydrogen-bond donors (Lipinski definition) is 0. The minimum atomic E-state index is 0.880. The molecule has 0 unspecified atom stereocenters. The van der Waals surface area contributed by atoms with Gasteiger partial charge in [0.15, 0.2) is 0 Å². The third-order valence-corrected chi connectivity index (χ3v) is 3.33. The smallest absolute Gasteiger partial charge is 0.128 e. The number of rotatable bonds is 6. The molecule has 96 valence electrons. The highest BCUT2D eigenvalue weighted by molar-refractivity contribution is 9.09. The largest absolute Gasteiger partial charge is 0.496 e. The van der Waals surface area contributed by atoms with E-state index in [-0.39, 0.29) is 0 Å². The minimum absolute atomic E-state index is 0.880. The number of aryl methyl sites for hydroxylation is 1. The Morgan fingerprint density at radius 1 is 1.41 bits per heavy atom. The SMILES string of the molecule is CCN(CCBr)Cc1ncc(C)c(OC)c1C. The zero-order valence-corrected chi connectivity index (χ0v) is 12.7. The summed E-state index contributed by atoms with van der Waals surface area (Å²) in [6.07, 6.45) is 1.89. The molecule has 0 amide bonds. The fourth-order valence-electron chi connectivity index (χ4n) is 1.91. The number of methoxy groups -OCH3 is 1. The molecular weight excluding hydrogens is 280 g/mol. The van der Waals surface area contributed by atoms with E-state index in [4.69, 9.17) is 4.74 Å². The van der Waals surface area contributed by atoms with E-state index in [0.29, 0.717) is 0 Å². The fraction of sp³-hybridized carbons (Fsp3) is 0.615. The third kappa shape index (κ3) is 3.68. The van der Waals surface area contributed by atoms with Gasteiger partial charge in [-0.25, -0.2) is 0 Å². The van der Waals surface area contributed by atoms with Gasteiger partial charge < -0.3 is 4.74 Å². The van der Waals surface area contributed by atoms with Crippen molar-refractivity contribution in [2.45, 2.75) is 27.3 Å². The van der Waals surface area contributed by atoms with Crippen LogP contribution in [0.2, 0.25) is 0 Å². The van der Waals surface area contributed by atoms with Gasteiger partial charge in [-0.15, -0.1) is 0 Å². The summed E-state index contributed by atoms with van der Waals surface area (Å²) >= 11 is 3.48. The van der Waals surface area contributed by atoms with Crippen LogP contribution in [-0.4, -0.2) is 35.4 Å². The normalized spacial score (nSPS) is 10.9. The summed E-state index contributed by atoms with van der Waals surface area (Å²) in [5.41, 5.74) is 3.35. The lowest BCUT2D eigenvalue weighted by molar-refractivity contribution is 0.293. The first-order valence-electron chi connectivity index (χ1n) is 5.91. The molecule has 1 aromatic rings. The Morgan fingerprint density at radius 2 is 2.12 bits per heavy atom. The van der Waals surface area contributed by atoms with Gasteiger partial charge in [0, 0.05) is 35.7 Å². The molecule has 0 saturated carbocycles. The van der Waals surface area contributed by atoms with Gasteiger partial charge >= 0.3 is 0 Å². The lowest BCUT2D eigenvalue weighted by Crippen LogP contribution is -2.25. The average Bonchev–Trinajstić information content (AvgIpc) is 2.32. The molecule has 0 aliphatic rings. The van der Waals surface area contributed by atoms with Gasteiger partial charge in [0.1, 0.15) is 5.75 Å². The van der Waals surface area contributed by atoms with Crippen molar-refractivity contribution >= 4 is 15.9 Å². The van der Waals surface area contributed by atoms with Crippen molar-refractivity contribution in [3.63, 3.8) is 0 Å². The summed E-state index contributed by atoms with van der Waals surface area (Å²) < 4.78 is 5.42. The summed E-state index contributed by atoms with van der Waals surface area (Å²) in [7, 11) is 1.72. The van der Waals surface area contributed by atoms with Crippen LogP contribution in [0.15, 0.2) is 6.20 Å². The minimum Gasteiger partial charge on any atom is -0.496 e. The van der Waals surface area contributed by atoms with Crippen LogP contribution in [0.25, 0.3) is 0 Å². The van der Waals surface area contributed by atoms with Crippen molar-refractivity contribution in [3.8, 4) is 5.75 Å². The van der Waals surface area contributed by atoms with Crippen LogP contribution in [0.1, 0.15) is 23.7 Å². The van der Waals surface area contributed by atoms with Gasteiger partial charge in [-0.2, -0.15) is 0 Å². The maximum Gasteiger partial charge on any atom is 0.128 e. The van der Waals surface area contributed by atoms with E-state index >= 15 is 0 Å². The van der Waals surface area contributed by atoms with E-state index in [1.165, 1.54) is 0 Å². The Morgan fingerprint density at radius 3 is 2.65 bits per heavy atom. The molecule has 0 bridgehead atoms. The Hall–Kier alpha value is -0.610. The topological polar surface area (TPSA) is 25.4 Å². The molecular formula is C13H21BrN2O. The lowest BCUT2D eigenvalue weighted by atomic mass is 10.1. The van der Waals surface area contributed by atoms with Gasteiger partial charge in [0.25, 0.3) is 0 Å². The Labute approximate surface area is 112 Å². The number of alkyl halides is 1. The summed E-state index contributed by atoms with van der Waals surface area (Å²) in [6.45, 7) is 9.22. The maximum absolute atomic E-state index is 5.42. The molecule has 1 heterocycles. The molecule has 0 aliphatic carbocycles. The first kappa shape index (κ1) is 14.5. The summed E-state index contributed by atoms with van der Waals surface area (Å²) in [4.78, 5) is 6.88. The predicted molar refractivity (Wildman–Crippen MR) is 75.0 cm³/mol. The molecule has 0 fully saturated rings. The lowest BCUT2D eigenvalue weighted by Gasteiger charge is -2.20. The van der Waals surface area contributed by atoms with Crippen molar-refractivity contribution in [3.05, 3.63) is 23.0 Å². The maximum atomic E-state index is 5.42. The first-order valence-corrected chi connectivity index (χ1v) is 7.03. The van der Waals surface area contributed by atoms with Crippen LogP contribution in [0.3, 0.4) is 0 Å². The third-order valence-electron chi connectivity index (χ3n) is 2.97. The molecule has 17 heavy (non-hydrogen) atoms. The average molecular weight is 301 g/mol. The van der Waals surface area contributed by atoms with Crippen molar-refractivity contribution in [1.82, 2.24) is 9.88 Å². The Bertz CT molecular complexity index is 369.